The van der Waals surface area contributed by atoms with Crippen LogP contribution in [0.5, 0.6) is 0 Å². The van der Waals surface area contributed by atoms with Gasteiger partial charge in [0.15, 0.2) is 0 Å². The van der Waals surface area contributed by atoms with Crippen molar-refractivity contribution in [1.29, 1.82) is 5.41 Å². The Bertz CT molecular complexity index is 228. The molecule has 0 unspecified atom stereocenters. The number of hydrogen-bond acceptors (Lipinski definition) is 3. The molecule has 0 radical (unpaired) electrons. The van der Waals surface area contributed by atoms with Gasteiger partial charge in [0.2, 0.25) is 0 Å². The maximum Gasteiger partial charge on any atom is 0.0554 e. The molecule has 0 amide bonds. The summed E-state index contributed by atoms with van der Waals surface area (Å²) in [4.78, 5) is 0. The quantitative estimate of drug-likeness (QED) is 0.539. The summed E-state index contributed by atoms with van der Waals surface area (Å²) in [5.74, 6) is 0. The highest BCUT2D eigenvalue weighted by Crippen LogP contribution is 1.96. The number of hydrogen-bond donors (Lipinski definition) is 2. The molecular weight excluding hydrogens is 168 g/mol. The summed E-state index contributed by atoms with van der Waals surface area (Å²) in [5.41, 5.74) is 6.68. The molecule has 0 fully saturated rings. The van der Waals surface area contributed by atoms with Crippen LogP contribution in [0.3, 0.4) is 0 Å². The smallest absolute Gasteiger partial charge is 0.0554 e. The van der Waals surface area contributed by atoms with Gasteiger partial charge in [0.05, 0.1) is 5.16 Å². The van der Waals surface area contributed by atoms with E-state index in [9.17, 15) is 0 Å². The van der Waals surface area contributed by atoms with Crippen molar-refractivity contribution < 1.29 is 0 Å². The molecule has 0 saturated heterocycles. The van der Waals surface area contributed by atoms with Gasteiger partial charge in [0, 0.05) is 0 Å². The molecule has 0 aliphatic carbocycles. The highest BCUT2D eigenvalue weighted by molar-refractivity contribution is 7.78. The first kappa shape index (κ1) is 11.0. The van der Waals surface area contributed by atoms with Crippen LogP contribution in [0.1, 0.15) is 5.56 Å². The van der Waals surface area contributed by atoms with E-state index in [4.69, 9.17) is 11.1 Å². The van der Waals surface area contributed by atoms with Crippen LogP contribution in [0.15, 0.2) is 30.3 Å². The van der Waals surface area contributed by atoms with Crippen LogP contribution in [0, 0.1) is 5.41 Å². The van der Waals surface area contributed by atoms with E-state index in [1.807, 2.05) is 18.2 Å². The Balaban J connectivity index is 0.000000354. The van der Waals surface area contributed by atoms with Gasteiger partial charge in [-0.05, 0) is 30.7 Å². The second kappa shape index (κ2) is 8.08. The van der Waals surface area contributed by atoms with Crippen LogP contribution in [-0.2, 0) is 6.42 Å². The molecule has 0 aliphatic heterocycles. The molecule has 0 bridgehead atoms. The summed E-state index contributed by atoms with van der Waals surface area (Å²) < 4.78 is 0. The van der Waals surface area contributed by atoms with E-state index < -0.39 is 0 Å². The fraction of sp³-hybridized carbons (Fsp3) is 0.222. The fourth-order valence-electron chi connectivity index (χ4n) is 0.811. The van der Waals surface area contributed by atoms with E-state index in [0.29, 0.717) is 0 Å². The van der Waals surface area contributed by atoms with Crippen LogP contribution < -0.4 is 5.73 Å². The number of thiocarbonyl (C=S) groups is 1. The van der Waals surface area contributed by atoms with Gasteiger partial charge in [-0.2, -0.15) is 0 Å². The van der Waals surface area contributed by atoms with E-state index in [2.05, 4.69) is 24.4 Å². The second-order valence-corrected chi connectivity index (χ2v) is 2.33. The molecule has 0 heterocycles. The Morgan fingerprint density at radius 2 is 1.83 bits per heavy atom. The number of isothiocyanates is 1. The predicted octanol–water partition coefficient (Wildman–Crippen LogP) is 1.86. The minimum Gasteiger partial charge on any atom is -0.330 e. The van der Waals surface area contributed by atoms with Crippen LogP contribution in [0.25, 0.3) is 0 Å². The molecule has 2 nitrogen and oxygen atoms in total. The summed E-state index contributed by atoms with van der Waals surface area (Å²) in [5, 5.41) is 7.36. The van der Waals surface area contributed by atoms with Gasteiger partial charge < -0.3 is 5.73 Å². The standard InChI is InChI=1S/C8H11N.CHNS/c9-7-6-8-4-2-1-3-5-8;2-1-3/h1-5H,6-7,9H2;2H. The lowest BCUT2D eigenvalue weighted by Gasteiger charge is -1.93. The van der Waals surface area contributed by atoms with Crippen molar-refractivity contribution in [3.63, 3.8) is 0 Å². The molecule has 1 aromatic rings. The summed E-state index contributed by atoms with van der Waals surface area (Å²) in [6.07, 6.45) is 0.987. The summed E-state index contributed by atoms with van der Waals surface area (Å²) >= 11 is 3.81. The molecule has 3 heteroatoms. The maximum absolute atomic E-state index is 5.77. The minimum atomic E-state index is 0.740. The average molecular weight is 180 g/mol. The van der Waals surface area contributed by atoms with Gasteiger partial charge in [-0.25, -0.2) is 5.41 Å². The molecule has 1 rings (SSSR count). The number of nitrogens with one attached hydrogen (secondary N) is 1. The Hall–Kier alpha value is -1.02. The SMILES string of the molecule is N=C=S.NCCc1ccccc1. The van der Waals surface area contributed by atoms with Gasteiger partial charge in [-0.15, -0.1) is 0 Å². The predicted molar refractivity (Wildman–Crippen MR) is 54.5 cm³/mol. The van der Waals surface area contributed by atoms with Gasteiger partial charge in [0.25, 0.3) is 0 Å². The van der Waals surface area contributed by atoms with E-state index >= 15 is 0 Å². The zero-order valence-electron chi connectivity index (χ0n) is 6.79. The van der Waals surface area contributed by atoms with E-state index in [1.54, 1.807) is 5.16 Å². The molecule has 64 valence electrons. The largest absolute Gasteiger partial charge is 0.330 e. The van der Waals surface area contributed by atoms with Gasteiger partial charge in [-0.3, -0.25) is 0 Å². The number of rotatable bonds is 2. The third-order valence-electron chi connectivity index (χ3n) is 1.28. The highest BCUT2D eigenvalue weighted by Gasteiger charge is 1.84. The second-order valence-electron chi connectivity index (χ2n) is 2.13. The molecule has 0 atom stereocenters. The monoisotopic (exact) mass is 180 g/mol. The molecule has 1 aromatic carbocycles. The van der Waals surface area contributed by atoms with Crippen molar-refractivity contribution >= 4 is 17.4 Å². The average Bonchev–Trinajstić information content (AvgIpc) is 2.08. The molecular formula is C9H12N2S. The Morgan fingerprint density at radius 1 is 1.33 bits per heavy atom. The molecule has 0 saturated carbocycles. The summed E-state index contributed by atoms with van der Waals surface area (Å²) in [7, 11) is 0. The van der Waals surface area contributed by atoms with Crippen molar-refractivity contribution in [1.82, 2.24) is 0 Å². The van der Waals surface area contributed by atoms with Crippen LogP contribution in [-0.4, -0.2) is 11.7 Å². The maximum atomic E-state index is 5.77. The van der Waals surface area contributed by atoms with E-state index in [0.717, 1.165) is 13.0 Å². The highest BCUT2D eigenvalue weighted by atomic mass is 32.1. The zero-order chi connectivity index (χ0) is 9.23. The van der Waals surface area contributed by atoms with Gasteiger partial charge in [0.1, 0.15) is 0 Å². The van der Waals surface area contributed by atoms with Gasteiger partial charge in [-0.1, -0.05) is 30.3 Å². The van der Waals surface area contributed by atoms with Crippen LogP contribution >= 0.6 is 12.2 Å². The first-order valence-electron chi connectivity index (χ1n) is 3.63. The lowest BCUT2D eigenvalue weighted by Crippen LogP contribution is -2.01. The Morgan fingerprint density at radius 3 is 2.25 bits per heavy atom. The molecule has 0 aromatic heterocycles. The molecule has 3 N–H and O–H groups in total. The fourth-order valence-corrected chi connectivity index (χ4v) is 0.811. The number of benzene rings is 1. The summed E-state index contributed by atoms with van der Waals surface area (Å²) in [6.45, 7) is 0.740. The minimum absolute atomic E-state index is 0.740. The third kappa shape index (κ3) is 5.74. The lowest BCUT2D eigenvalue weighted by atomic mass is 10.2. The van der Waals surface area contributed by atoms with E-state index in [-0.39, 0.29) is 0 Å². The Kier molecular flexibility index (Phi) is 7.39. The molecule has 0 spiro atoms. The van der Waals surface area contributed by atoms with E-state index in [1.165, 1.54) is 5.56 Å². The number of nitrogens with two attached hydrogens (primary N) is 1. The van der Waals surface area contributed by atoms with Crippen molar-refractivity contribution in [3.05, 3.63) is 35.9 Å². The normalized spacial score (nSPS) is 7.75. The topological polar surface area (TPSA) is 49.9 Å². The summed E-state index contributed by atoms with van der Waals surface area (Å²) in [6, 6.07) is 10.3. The lowest BCUT2D eigenvalue weighted by molar-refractivity contribution is 0.969. The van der Waals surface area contributed by atoms with Crippen LogP contribution in [0.2, 0.25) is 0 Å². The van der Waals surface area contributed by atoms with Crippen molar-refractivity contribution in [2.45, 2.75) is 6.42 Å². The van der Waals surface area contributed by atoms with Crippen molar-refractivity contribution in [2.75, 3.05) is 6.54 Å². The third-order valence-corrected chi connectivity index (χ3v) is 1.28. The van der Waals surface area contributed by atoms with Gasteiger partial charge >= 0.3 is 0 Å². The molecule has 12 heavy (non-hydrogen) atoms. The first-order chi connectivity index (χ1) is 5.85. The zero-order valence-corrected chi connectivity index (χ0v) is 7.60. The van der Waals surface area contributed by atoms with Crippen LogP contribution in [0.4, 0.5) is 0 Å². The molecule has 0 aliphatic rings. The first-order valence-corrected chi connectivity index (χ1v) is 4.03. The van der Waals surface area contributed by atoms with Crippen molar-refractivity contribution in [2.24, 2.45) is 5.73 Å². The van der Waals surface area contributed by atoms with Crippen molar-refractivity contribution in [3.8, 4) is 0 Å². The Labute approximate surface area is 77.9 Å².